The summed E-state index contributed by atoms with van der Waals surface area (Å²) in [6.07, 6.45) is 5.52. The number of hydrogen-bond acceptors (Lipinski definition) is 7. The van der Waals surface area contributed by atoms with Crippen LogP contribution in [0, 0.1) is 0 Å². The zero-order valence-electron chi connectivity index (χ0n) is 16.4. The number of aromatic nitrogens is 4. The van der Waals surface area contributed by atoms with Crippen molar-refractivity contribution in [3.63, 3.8) is 0 Å². The van der Waals surface area contributed by atoms with E-state index in [0.29, 0.717) is 30.0 Å². The summed E-state index contributed by atoms with van der Waals surface area (Å²) in [7, 11) is -3.31. The molecule has 1 aromatic carbocycles. The van der Waals surface area contributed by atoms with E-state index in [-0.39, 0.29) is 11.8 Å². The molecule has 1 atom stereocenters. The minimum absolute atomic E-state index is 0.128. The van der Waals surface area contributed by atoms with Crippen molar-refractivity contribution >= 4 is 21.7 Å². The normalized spacial score (nSPS) is 20.5. The van der Waals surface area contributed by atoms with Gasteiger partial charge in [-0.25, -0.2) is 17.9 Å². The Bertz CT molecular complexity index is 984. The standard InChI is InChI=1S/C19H25N5O4S/c1-14(18-20-21-22-24(18)16-8-3-2-4-9-16)28-19(25)15-7-5-10-17(13-15)23-11-6-12-29(23,26)27/h5,7,10,13-14,16H,2-4,6,8-9,11-12H2,1H3. The lowest BCUT2D eigenvalue weighted by Gasteiger charge is -2.23. The highest BCUT2D eigenvalue weighted by Crippen LogP contribution is 2.30. The third kappa shape index (κ3) is 4.12. The quantitative estimate of drug-likeness (QED) is 0.686. The van der Waals surface area contributed by atoms with Crippen LogP contribution in [0.2, 0.25) is 0 Å². The molecule has 1 aliphatic carbocycles. The van der Waals surface area contributed by atoms with E-state index < -0.39 is 22.1 Å². The molecule has 1 aliphatic heterocycles. The monoisotopic (exact) mass is 419 g/mol. The van der Waals surface area contributed by atoms with E-state index in [4.69, 9.17) is 4.74 Å². The smallest absolute Gasteiger partial charge is 0.338 e. The molecule has 2 aliphatic rings. The molecule has 10 heteroatoms. The number of rotatable bonds is 5. The van der Waals surface area contributed by atoms with Crippen molar-refractivity contribution in [2.24, 2.45) is 0 Å². The third-order valence-corrected chi connectivity index (χ3v) is 7.42. The Morgan fingerprint density at radius 2 is 2.00 bits per heavy atom. The average molecular weight is 420 g/mol. The third-order valence-electron chi connectivity index (χ3n) is 5.56. The fourth-order valence-corrected chi connectivity index (χ4v) is 5.61. The molecule has 0 spiro atoms. The molecule has 4 rings (SSSR count). The van der Waals surface area contributed by atoms with Crippen molar-refractivity contribution in [1.29, 1.82) is 0 Å². The van der Waals surface area contributed by atoms with Gasteiger partial charge in [-0.3, -0.25) is 4.31 Å². The molecule has 1 saturated carbocycles. The van der Waals surface area contributed by atoms with Crippen molar-refractivity contribution < 1.29 is 17.9 Å². The molecule has 1 aromatic heterocycles. The van der Waals surface area contributed by atoms with E-state index in [0.717, 1.165) is 25.7 Å². The Labute approximate surface area is 170 Å². The SMILES string of the molecule is CC(OC(=O)c1cccc(N2CCCS2(=O)=O)c1)c1nnnn1C1CCCCC1. The van der Waals surface area contributed by atoms with E-state index in [2.05, 4.69) is 15.5 Å². The number of carbonyl (C=O) groups excluding carboxylic acids is 1. The molecule has 156 valence electrons. The number of hydrogen-bond donors (Lipinski definition) is 0. The molecule has 0 bridgehead atoms. The fourth-order valence-electron chi connectivity index (χ4n) is 4.05. The van der Waals surface area contributed by atoms with Gasteiger partial charge < -0.3 is 4.74 Å². The second kappa shape index (κ2) is 8.10. The van der Waals surface area contributed by atoms with E-state index in [1.165, 1.54) is 10.7 Å². The van der Waals surface area contributed by atoms with Crippen molar-refractivity contribution in [3.8, 4) is 0 Å². The number of nitrogens with zero attached hydrogens (tertiary/aromatic N) is 5. The summed E-state index contributed by atoms with van der Waals surface area (Å²) in [5.74, 6) is 0.125. The van der Waals surface area contributed by atoms with Crippen LogP contribution < -0.4 is 4.31 Å². The summed E-state index contributed by atoms with van der Waals surface area (Å²) in [5.41, 5.74) is 0.782. The maximum atomic E-state index is 12.7. The van der Waals surface area contributed by atoms with Crippen molar-refractivity contribution in [3.05, 3.63) is 35.7 Å². The minimum atomic E-state index is -3.31. The molecular formula is C19H25N5O4S. The molecule has 0 N–H and O–H groups in total. The molecule has 1 unspecified atom stereocenters. The van der Waals surface area contributed by atoms with Gasteiger partial charge in [-0.2, -0.15) is 0 Å². The molecule has 0 amide bonds. The summed E-state index contributed by atoms with van der Waals surface area (Å²) >= 11 is 0. The van der Waals surface area contributed by atoms with Crippen LogP contribution in [0.25, 0.3) is 0 Å². The van der Waals surface area contributed by atoms with Crippen LogP contribution in [0.5, 0.6) is 0 Å². The maximum Gasteiger partial charge on any atom is 0.338 e. The average Bonchev–Trinajstić information content (AvgIpc) is 3.35. The van der Waals surface area contributed by atoms with Gasteiger partial charge in [0.15, 0.2) is 11.9 Å². The first-order valence-electron chi connectivity index (χ1n) is 10.0. The van der Waals surface area contributed by atoms with Gasteiger partial charge >= 0.3 is 5.97 Å². The van der Waals surface area contributed by atoms with Crippen molar-refractivity contribution in [2.75, 3.05) is 16.6 Å². The zero-order valence-corrected chi connectivity index (χ0v) is 17.2. The van der Waals surface area contributed by atoms with E-state index >= 15 is 0 Å². The number of ether oxygens (including phenoxy) is 1. The first kappa shape index (κ1) is 19.8. The number of carbonyl (C=O) groups is 1. The van der Waals surface area contributed by atoms with E-state index in [1.54, 1.807) is 35.9 Å². The molecule has 9 nitrogen and oxygen atoms in total. The maximum absolute atomic E-state index is 12.7. The number of anilines is 1. The molecule has 1 saturated heterocycles. The topological polar surface area (TPSA) is 107 Å². The summed E-state index contributed by atoms with van der Waals surface area (Å²) in [4.78, 5) is 12.7. The largest absolute Gasteiger partial charge is 0.451 e. The van der Waals surface area contributed by atoms with E-state index in [1.807, 2.05) is 0 Å². The predicted octanol–water partition coefficient (Wildman–Crippen LogP) is 2.64. The van der Waals surface area contributed by atoms with Gasteiger partial charge in [0.05, 0.1) is 23.0 Å². The van der Waals surface area contributed by atoms with Gasteiger partial charge in [0, 0.05) is 6.54 Å². The summed E-state index contributed by atoms with van der Waals surface area (Å²) in [6.45, 7) is 2.17. The van der Waals surface area contributed by atoms with Gasteiger partial charge in [0.1, 0.15) is 0 Å². The number of tetrazole rings is 1. The van der Waals surface area contributed by atoms with Crippen LogP contribution in [0.1, 0.15) is 73.8 Å². The van der Waals surface area contributed by atoms with Gasteiger partial charge in [-0.15, -0.1) is 5.10 Å². The highest BCUT2D eigenvalue weighted by molar-refractivity contribution is 7.93. The van der Waals surface area contributed by atoms with Crippen LogP contribution in [-0.2, 0) is 14.8 Å². The van der Waals surface area contributed by atoms with Crippen LogP contribution in [0.15, 0.2) is 24.3 Å². The number of sulfonamides is 1. The highest BCUT2D eigenvalue weighted by atomic mass is 32.2. The zero-order chi connectivity index (χ0) is 20.4. The van der Waals surface area contributed by atoms with Crippen LogP contribution in [0.3, 0.4) is 0 Å². The van der Waals surface area contributed by atoms with Crippen LogP contribution in [0.4, 0.5) is 5.69 Å². The Hall–Kier alpha value is -2.49. The predicted molar refractivity (Wildman–Crippen MR) is 106 cm³/mol. The van der Waals surface area contributed by atoms with E-state index in [9.17, 15) is 13.2 Å². The first-order valence-corrected chi connectivity index (χ1v) is 11.7. The van der Waals surface area contributed by atoms with Crippen LogP contribution in [-0.4, -0.2) is 46.9 Å². The molecular weight excluding hydrogens is 394 g/mol. The summed E-state index contributed by atoms with van der Waals surface area (Å²) < 4.78 is 33.0. The lowest BCUT2D eigenvalue weighted by Crippen LogP contribution is -2.25. The van der Waals surface area contributed by atoms with Gasteiger partial charge in [-0.05, 0) is 54.8 Å². The molecule has 2 heterocycles. The number of benzene rings is 1. The van der Waals surface area contributed by atoms with Crippen molar-refractivity contribution in [1.82, 2.24) is 20.2 Å². The molecule has 2 aromatic rings. The lowest BCUT2D eigenvalue weighted by atomic mass is 9.95. The Kier molecular flexibility index (Phi) is 5.53. The Morgan fingerprint density at radius 1 is 1.21 bits per heavy atom. The van der Waals surface area contributed by atoms with Crippen LogP contribution >= 0.6 is 0 Å². The van der Waals surface area contributed by atoms with Crippen molar-refractivity contribution in [2.45, 2.75) is 57.6 Å². The van der Waals surface area contributed by atoms with Gasteiger partial charge in [0.2, 0.25) is 10.0 Å². The second-order valence-corrected chi connectivity index (χ2v) is 9.63. The summed E-state index contributed by atoms with van der Waals surface area (Å²) in [5, 5.41) is 12.0. The molecule has 2 fully saturated rings. The molecule has 0 radical (unpaired) electrons. The summed E-state index contributed by atoms with van der Waals surface area (Å²) in [6, 6.07) is 6.76. The fraction of sp³-hybridized carbons (Fsp3) is 0.579. The molecule has 29 heavy (non-hydrogen) atoms. The van der Waals surface area contributed by atoms with Gasteiger partial charge in [-0.1, -0.05) is 25.3 Å². The van der Waals surface area contributed by atoms with Gasteiger partial charge in [0.25, 0.3) is 0 Å². The number of esters is 1. The minimum Gasteiger partial charge on any atom is -0.451 e. The Morgan fingerprint density at radius 3 is 2.72 bits per heavy atom. The Balaban J connectivity index is 1.49. The highest BCUT2D eigenvalue weighted by Gasteiger charge is 2.29. The first-order chi connectivity index (χ1) is 14.0. The lowest BCUT2D eigenvalue weighted by molar-refractivity contribution is 0.0303. The second-order valence-electron chi connectivity index (χ2n) is 7.61.